The van der Waals surface area contributed by atoms with E-state index in [1.807, 2.05) is 0 Å². The highest BCUT2D eigenvalue weighted by atomic mass is 35.5. The van der Waals surface area contributed by atoms with Gasteiger partial charge in [0.1, 0.15) is 22.6 Å². The van der Waals surface area contributed by atoms with Crippen LogP contribution in [0, 0.1) is 5.82 Å². The van der Waals surface area contributed by atoms with Gasteiger partial charge >= 0.3 is 0 Å². The van der Waals surface area contributed by atoms with Crippen LogP contribution >= 0.6 is 11.6 Å². The summed E-state index contributed by atoms with van der Waals surface area (Å²) in [5.41, 5.74) is 1.19. The molecule has 0 aliphatic rings. The van der Waals surface area contributed by atoms with Crippen LogP contribution in [0.3, 0.4) is 0 Å². The molecule has 2 N–H and O–H groups in total. The number of rotatable bonds is 5. The molecule has 2 aromatic carbocycles. The fourth-order valence-electron chi connectivity index (χ4n) is 4.12. The minimum atomic E-state index is -0.695. The number of nitrogens with one attached hydrogen (secondary N) is 2. The Labute approximate surface area is 219 Å². The topological polar surface area (TPSA) is 102 Å². The predicted molar refractivity (Wildman–Crippen MR) is 143 cm³/mol. The second kappa shape index (κ2) is 9.45. The van der Waals surface area contributed by atoms with Crippen molar-refractivity contribution in [2.24, 2.45) is 0 Å². The highest BCUT2D eigenvalue weighted by Crippen LogP contribution is 2.31. The number of anilines is 1. The third kappa shape index (κ3) is 4.25. The minimum absolute atomic E-state index is 0.0291. The largest absolute Gasteiger partial charge is 0.453 e. The number of carbonyl (C=O) groups excluding carboxylic acids is 1. The molecule has 4 aromatic heterocycles. The first kappa shape index (κ1) is 23.4. The number of carbonyl (C=O) groups is 1. The van der Waals surface area contributed by atoms with Crippen molar-refractivity contribution in [1.29, 1.82) is 0 Å². The monoisotopic (exact) mass is 525 g/mol. The fraction of sp³-hybridized carbons (Fsp3) is 0. The van der Waals surface area contributed by atoms with Gasteiger partial charge in [0.15, 0.2) is 11.6 Å². The van der Waals surface area contributed by atoms with Crippen LogP contribution in [-0.4, -0.2) is 25.4 Å². The van der Waals surface area contributed by atoms with Crippen LogP contribution in [-0.2, 0) is 0 Å². The van der Waals surface area contributed by atoms with E-state index in [2.05, 4.69) is 20.3 Å². The summed E-state index contributed by atoms with van der Waals surface area (Å²) in [4.78, 5) is 37.8. The number of pyridine rings is 3. The fourth-order valence-corrected chi connectivity index (χ4v) is 4.25. The number of ether oxygens (including phenoxy) is 1. The summed E-state index contributed by atoms with van der Waals surface area (Å²) in [5, 5.41) is 4.11. The van der Waals surface area contributed by atoms with Crippen LogP contribution in [0.25, 0.3) is 27.8 Å². The Morgan fingerprint density at radius 2 is 1.82 bits per heavy atom. The maximum absolute atomic E-state index is 14.9. The van der Waals surface area contributed by atoms with Gasteiger partial charge in [-0.3, -0.25) is 9.59 Å². The van der Waals surface area contributed by atoms with E-state index >= 15 is 0 Å². The molecule has 0 spiro atoms. The van der Waals surface area contributed by atoms with Crippen molar-refractivity contribution >= 4 is 45.3 Å². The molecule has 0 saturated carbocycles. The molecule has 4 heterocycles. The van der Waals surface area contributed by atoms with Crippen molar-refractivity contribution in [1.82, 2.24) is 19.5 Å². The lowest BCUT2D eigenvalue weighted by Crippen LogP contribution is -2.24. The van der Waals surface area contributed by atoms with Gasteiger partial charge in [-0.05, 0) is 60.7 Å². The Kier molecular flexibility index (Phi) is 5.82. The maximum atomic E-state index is 14.9. The maximum Gasteiger partial charge on any atom is 0.261 e. The van der Waals surface area contributed by atoms with Gasteiger partial charge < -0.3 is 19.6 Å². The van der Waals surface area contributed by atoms with Gasteiger partial charge in [0, 0.05) is 47.3 Å². The lowest BCUT2D eigenvalue weighted by molar-refractivity contribution is 0.102. The van der Waals surface area contributed by atoms with Gasteiger partial charge in [-0.2, -0.15) is 0 Å². The Bertz CT molecular complexity index is 1900. The summed E-state index contributed by atoms with van der Waals surface area (Å²) in [5.74, 6) is -0.984. The number of H-pyrrole nitrogens is 1. The van der Waals surface area contributed by atoms with E-state index in [1.165, 1.54) is 18.3 Å². The van der Waals surface area contributed by atoms with E-state index in [1.54, 1.807) is 71.7 Å². The van der Waals surface area contributed by atoms with E-state index in [0.717, 1.165) is 6.07 Å². The van der Waals surface area contributed by atoms with Gasteiger partial charge in [0.25, 0.3) is 5.91 Å². The number of amides is 1. The Hall–Kier alpha value is -5.02. The summed E-state index contributed by atoms with van der Waals surface area (Å²) in [6.07, 6.45) is 6.24. The standard InChI is InChI=1S/C28H17ClFN5O3/c29-16-3-6-18(7-4-16)35-15-21(25(36)20-2-1-11-33-27(20)35)28(37)34-17-5-8-24(22(30)14-17)38-23-10-13-32-26-19(23)9-12-31-26/h1-15H,(H,31,32)(H,34,37). The van der Waals surface area contributed by atoms with Crippen LogP contribution in [0.2, 0.25) is 5.02 Å². The summed E-state index contributed by atoms with van der Waals surface area (Å²) in [6, 6.07) is 17.5. The van der Waals surface area contributed by atoms with Gasteiger partial charge in [0.05, 0.1) is 10.8 Å². The zero-order valence-electron chi connectivity index (χ0n) is 19.5. The molecule has 186 valence electrons. The average molecular weight is 526 g/mol. The molecule has 1 amide bonds. The zero-order valence-corrected chi connectivity index (χ0v) is 20.2. The van der Waals surface area contributed by atoms with Gasteiger partial charge in [-0.25, -0.2) is 14.4 Å². The first-order chi connectivity index (χ1) is 18.5. The lowest BCUT2D eigenvalue weighted by Gasteiger charge is -2.13. The molecule has 6 aromatic rings. The molecule has 0 fully saturated rings. The molecule has 0 unspecified atom stereocenters. The quantitative estimate of drug-likeness (QED) is 0.283. The van der Waals surface area contributed by atoms with Crippen LogP contribution in [0.15, 0.2) is 96.3 Å². The molecule has 38 heavy (non-hydrogen) atoms. The Morgan fingerprint density at radius 3 is 2.63 bits per heavy atom. The minimum Gasteiger partial charge on any atom is -0.453 e. The normalized spacial score (nSPS) is 11.1. The molecular weight excluding hydrogens is 509 g/mol. The average Bonchev–Trinajstić information content (AvgIpc) is 3.41. The molecule has 0 radical (unpaired) electrons. The van der Waals surface area contributed by atoms with E-state index in [0.29, 0.717) is 33.1 Å². The van der Waals surface area contributed by atoms with Crippen LogP contribution in [0.1, 0.15) is 10.4 Å². The highest BCUT2D eigenvalue weighted by molar-refractivity contribution is 6.30. The van der Waals surface area contributed by atoms with Crippen molar-refractivity contribution in [3.05, 3.63) is 118 Å². The third-order valence-electron chi connectivity index (χ3n) is 5.94. The molecule has 8 nitrogen and oxygen atoms in total. The van der Waals surface area contributed by atoms with Crippen molar-refractivity contribution < 1.29 is 13.9 Å². The van der Waals surface area contributed by atoms with E-state index in [4.69, 9.17) is 16.3 Å². The first-order valence-electron chi connectivity index (χ1n) is 11.4. The summed E-state index contributed by atoms with van der Waals surface area (Å²) in [7, 11) is 0. The first-order valence-corrected chi connectivity index (χ1v) is 11.8. The molecular formula is C28H17ClFN5O3. The Morgan fingerprint density at radius 1 is 0.974 bits per heavy atom. The van der Waals surface area contributed by atoms with Crippen LogP contribution in [0.5, 0.6) is 11.5 Å². The predicted octanol–water partition coefficient (Wildman–Crippen LogP) is 6.10. The smallest absolute Gasteiger partial charge is 0.261 e. The second-order valence-corrected chi connectivity index (χ2v) is 8.78. The molecule has 10 heteroatoms. The summed E-state index contributed by atoms with van der Waals surface area (Å²) >= 11 is 6.02. The lowest BCUT2D eigenvalue weighted by atomic mass is 10.1. The molecule has 0 aliphatic heterocycles. The molecule has 6 rings (SSSR count). The van der Waals surface area contributed by atoms with E-state index < -0.39 is 17.2 Å². The number of nitrogens with zero attached hydrogens (tertiary/aromatic N) is 3. The molecule has 0 atom stereocenters. The number of fused-ring (bicyclic) bond motifs is 2. The molecule has 0 saturated heterocycles. The molecule has 0 bridgehead atoms. The number of aromatic nitrogens is 4. The zero-order chi connectivity index (χ0) is 26.2. The van der Waals surface area contributed by atoms with Crippen molar-refractivity contribution in [3.63, 3.8) is 0 Å². The SMILES string of the molecule is O=C(Nc1ccc(Oc2ccnc3[nH]ccc23)c(F)c1)c1cn(-c2ccc(Cl)cc2)c2ncccc2c1=O. The van der Waals surface area contributed by atoms with Gasteiger partial charge in [0.2, 0.25) is 5.43 Å². The van der Waals surface area contributed by atoms with Gasteiger partial charge in [-0.1, -0.05) is 11.6 Å². The highest BCUT2D eigenvalue weighted by Gasteiger charge is 2.18. The number of aromatic amines is 1. The van der Waals surface area contributed by atoms with Crippen LogP contribution < -0.4 is 15.5 Å². The molecule has 0 aliphatic carbocycles. The second-order valence-electron chi connectivity index (χ2n) is 8.34. The number of hydrogen-bond donors (Lipinski definition) is 2. The number of halogens is 2. The summed E-state index contributed by atoms with van der Waals surface area (Å²) < 4.78 is 22.3. The van der Waals surface area contributed by atoms with E-state index in [9.17, 15) is 14.0 Å². The van der Waals surface area contributed by atoms with Crippen molar-refractivity contribution in [3.8, 4) is 17.2 Å². The van der Waals surface area contributed by atoms with Gasteiger partial charge in [-0.15, -0.1) is 0 Å². The number of hydrogen-bond acceptors (Lipinski definition) is 5. The van der Waals surface area contributed by atoms with E-state index in [-0.39, 0.29) is 22.4 Å². The number of benzene rings is 2. The Balaban J connectivity index is 1.32. The van der Waals surface area contributed by atoms with Crippen molar-refractivity contribution in [2.75, 3.05) is 5.32 Å². The third-order valence-corrected chi connectivity index (χ3v) is 6.19. The van der Waals surface area contributed by atoms with Crippen molar-refractivity contribution in [2.45, 2.75) is 0 Å². The van der Waals surface area contributed by atoms with Crippen LogP contribution in [0.4, 0.5) is 10.1 Å². The summed E-state index contributed by atoms with van der Waals surface area (Å²) in [6.45, 7) is 0.